The number of nitrogens with one attached hydrogen (secondary N) is 1. The Hall–Kier alpha value is -2.10. The van der Waals surface area contributed by atoms with Gasteiger partial charge in [0.25, 0.3) is 0 Å². The molecule has 0 spiro atoms. The highest BCUT2D eigenvalue weighted by Crippen LogP contribution is 2.35. The Labute approximate surface area is 116 Å². The van der Waals surface area contributed by atoms with Crippen LogP contribution in [-0.4, -0.2) is 6.54 Å². The van der Waals surface area contributed by atoms with Crippen LogP contribution in [0.1, 0.15) is 24.2 Å². The SMILES string of the molecule is CCc1ccc2c(c1)NCC(c1cc(F)cc(F)c1)O2. The second-order valence-electron chi connectivity index (χ2n) is 4.87. The smallest absolute Gasteiger partial charge is 0.143 e. The maximum absolute atomic E-state index is 13.3. The molecule has 2 nitrogen and oxygen atoms in total. The van der Waals surface area contributed by atoms with Gasteiger partial charge in [0.15, 0.2) is 0 Å². The van der Waals surface area contributed by atoms with E-state index in [-0.39, 0.29) is 6.10 Å². The van der Waals surface area contributed by atoms with Crippen LogP contribution in [0.3, 0.4) is 0 Å². The van der Waals surface area contributed by atoms with Crippen LogP contribution < -0.4 is 10.1 Å². The summed E-state index contributed by atoms with van der Waals surface area (Å²) in [5.41, 5.74) is 2.65. The van der Waals surface area contributed by atoms with Crippen molar-refractivity contribution in [2.45, 2.75) is 19.4 Å². The molecule has 0 aliphatic carbocycles. The number of anilines is 1. The van der Waals surface area contributed by atoms with Crippen LogP contribution >= 0.6 is 0 Å². The van der Waals surface area contributed by atoms with Crippen LogP contribution in [0.2, 0.25) is 0 Å². The Morgan fingerprint density at radius 2 is 1.90 bits per heavy atom. The number of hydrogen-bond donors (Lipinski definition) is 1. The van der Waals surface area contributed by atoms with Gasteiger partial charge in [-0.25, -0.2) is 8.78 Å². The Kier molecular flexibility index (Phi) is 3.30. The van der Waals surface area contributed by atoms with Crippen LogP contribution in [0.25, 0.3) is 0 Å². The van der Waals surface area contributed by atoms with Gasteiger partial charge in [-0.1, -0.05) is 13.0 Å². The summed E-state index contributed by atoms with van der Waals surface area (Å²) in [4.78, 5) is 0. The maximum atomic E-state index is 13.3. The van der Waals surface area contributed by atoms with Crippen molar-refractivity contribution in [2.24, 2.45) is 0 Å². The van der Waals surface area contributed by atoms with Crippen molar-refractivity contribution >= 4 is 5.69 Å². The van der Waals surface area contributed by atoms with Crippen LogP contribution in [0, 0.1) is 11.6 Å². The zero-order valence-corrected chi connectivity index (χ0v) is 11.1. The summed E-state index contributed by atoms with van der Waals surface area (Å²) in [6.07, 6.45) is 0.563. The van der Waals surface area contributed by atoms with Crippen molar-refractivity contribution in [1.29, 1.82) is 0 Å². The Bertz CT molecular complexity index is 622. The van der Waals surface area contributed by atoms with E-state index >= 15 is 0 Å². The highest BCUT2D eigenvalue weighted by Gasteiger charge is 2.22. The van der Waals surface area contributed by atoms with Crippen molar-refractivity contribution < 1.29 is 13.5 Å². The molecule has 20 heavy (non-hydrogen) atoms. The lowest BCUT2D eigenvalue weighted by Crippen LogP contribution is -2.23. The van der Waals surface area contributed by atoms with E-state index in [1.807, 2.05) is 18.2 Å². The van der Waals surface area contributed by atoms with Crippen LogP contribution in [0.4, 0.5) is 14.5 Å². The van der Waals surface area contributed by atoms with Gasteiger partial charge in [0.2, 0.25) is 0 Å². The molecule has 2 aromatic rings. The number of hydrogen-bond acceptors (Lipinski definition) is 2. The molecule has 0 aromatic heterocycles. The minimum absolute atomic E-state index is 0.389. The first kappa shape index (κ1) is 12.9. The van der Waals surface area contributed by atoms with Crippen molar-refractivity contribution in [3.8, 4) is 5.75 Å². The van der Waals surface area contributed by atoms with E-state index in [0.29, 0.717) is 17.9 Å². The molecule has 1 N–H and O–H groups in total. The van der Waals surface area contributed by atoms with Gasteiger partial charge in [0.1, 0.15) is 23.5 Å². The fraction of sp³-hybridized carbons (Fsp3) is 0.250. The number of aryl methyl sites for hydroxylation is 1. The number of fused-ring (bicyclic) bond motifs is 1. The number of ether oxygens (including phenoxy) is 1. The Morgan fingerprint density at radius 1 is 1.15 bits per heavy atom. The third-order valence-electron chi connectivity index (χ3n) is 3.46. The largest absolute Gasteiger partial charge is 0.482 e. The van der Waals surface area contributed by atoms with E-state index in [4.69, 9.17) is 4.74 Å². The van der Waals surface area contributed by atoms with Crippen LogP contribution in [0.15, 0.2) is 36.4 Å². The molecule has 1 aliphatic rings. The van der Waals surface area contributed by atoms with Gasteiger partial charge in [-0.05, 0) is 41.8 Å². The summed E-state index contributed by atoms with van der Waals surface area (Å²) in [5, 5.41) is 3.25. The molecule has 0 radical (unpaired) electrons. The number of rotatable bonds is 2. The average molecular weight is 275 g/mol. The summed E-state index contributed by atoms with van der Waals surface area (Å²) in [6, 6.07) is 9.40. The van der Waals surface area contributed by atoms with Crippen molar-refractivity contribution in [3.05, 3.63) is 59.2 Å². The average Bonchev–Trinajstić information content (AvgIpc) is 2.45. The molecule has 1 atom stereocenters. The second kappa shape index (κ2) is 5.12. The minimum Gasteiger partial charge on any atom is -0.482 e. The molecule has 0 saturated carbocycles. The normalized spacial score (nSPS) is 17.1. The van der Waals surface area contributed by atoms with E-state index in [9.17, 15) is 8.78 Å². The predicted molar refractivity (Wildman–Crippen MR) is 74.0 cm³/mol. The molecule has 0 saturated heterocycles. The number of benzene rings is 2. The molecule has 1 unspecified atom stereocenters. The second-order valence-corrected chi connectivity index (χ2v) is 4.87. The molecule has 104 valence electrons. The lowest BCUT2D eigenvalue weighted by atomic mass is 10.1. The molecular weight excluding hydrogens is 260 g/mol. The third kappa shape index (κ3) is 2.46. The van der Waals surface area contributed by atoms with Gasteiger partial charge in [0.05, 0.1) is 12.2 Å². The molecule has 1 heterocycles. The lowest BCUT2D eigenvalue weighted by Gasteiger charge is -2.28. The fourth-order valence-corrected chi connectivity index (χ4v) is 2.38. The van der Waals surface area contributed by atoms with Gasteiger partial charge >= 0.3 is 0 Å². The quantitative estimate of drug-likeness (QED) is 0.892. The van der Waals surface area contributed by atoms with Crippen LogP contribution in [-0.2, 0) is 6.42 Å². The van der Waals surface area contributed by atoms with Gasteiger partial charge in [-0.2, -0.15) is 0 Å². The van der Waals surface area contributed by atoms with Gasteiger partial charge < -0.3 is 10.1 Å². The van der Waals surface area contributed by atoms with Gasteiger partial charge in [0, 0.05) is 6.07 Å². The standard InChI is InChI=1S/C16H15F2NO/c1-2-10-3-4-15-14(5-10)19-9-16(20-15)11-6-12(17)8-13(18)7-11/h3-8,16,19H,2,9H2,1H3. The first-order chi connectivity index (χ1) is 9.65. The molecule has 1 aliphatic heterocycles. The predicted octanol–water partition coefficient (Wildman–Crippen LogP) is 4.07. The van der Waals surface area contributed by atoms with E-state index < -0.39 is 11.6 Å². The van der Waals surface area contributed by atoms with Gasteiger partial charge in [-0.3, -0.25) is 0 Å². The Balaban J connectivity index is 1.88. The van der Waals surface area contributed by atoms with Crippen molar-refractivity contribution in [2.75, 3.05) is 11.9 Å². The molecule has 0 bridgehead atoms. The molecule has 2 aromatic carbocycles. The summed E-state index contributed by atoms with van der Waals surface area (Å²) in [7, 11) is 0. The zero-order chi connectivity index (χ0) is 14.1. The molecule has 0 amide bonds. The highest BCUT2D eigenvalue weighted by molar-refractivity contribution is 5.60. The molecule has 4 heteroatoms. The molecule has 3 rings (SSSR count). The third-order valence-corrected chi connectivity index (χ3v) is 3.46. The molecular formula is C16H15F2NO. The summed E-state index contributed by atoms with van der Waals surface area (Å²) < 4.78 is 32.4. The first-order valence-electron chi connectivity index (χ1n) is 6.65. The fourth-order valence-electron chi connectivity index (χ4n) is 2.38. The van der Waals surface area contributed by atoms with E-state index in [0.717, 1.165) is 18.2 Å². The van der Waals surface area contributed by atoms with E-state index in [1.165, 1.54) is 17.7 Å². The molecule has 0 fully saturated rings. The van der Waals surface area contributed by atoms with E-state index in [1.54, 1.807) is 0 Å². The van der Waals surface area contributed by atoms with Crippen LogP contribution in [0.5, 0.6) is 5.75 Å². The minimum atomic E-state index is -0.587. The first-order valence-corrected chi connectivity index (χ1v) is 6.65. The maximum Gasteiger partial charge on any atom is 0.143 e. The summed E-state index contributed by atoms with van der Waals surface area (Å²) >= 11 is 0. The Morgan fingerprint density at radius 3 is 2.60 bits per heavy atom. The van der Waals surface area contributed by atoms with Crippen molar-refractivity contribution in [1.82, 2.24) is 0 Å². The monoisotopic (exact) mass is 275 g/mol. The topological polar surface area (TPSA) is 21.3 Å². The summed E-state index contributed by atoms with van der Waals surface area (Å²) in [5.74, 6) is -0.463. The zero-order valence-electron chi connectivity index (χ0n) is 11.1. The van der Waals surface area contributed by atoms with Crippen molar-refractivity contribution in [3.63, 3.8) is 0 Å². The lowest BCUT2D eigenvalue weighted by molar-refractivity contribution is 0.209. The highest BCUT2D eigenvalue weighted by atomic mass is 19.1. The summed E-state index contributed by atoms with van der Waals surface area (Å²) in [6.45, 7) is 2.58. The van der Waals surface area contributed by atoms with E-state index in [2.05, 4.69) is 12.2 Å². The number of halogens is 2. The van der Waals surface area contributed by atoms with Gasteiger partial charge in [-0.15, -0.1) is 0 Å².